The van der Waals surface area contributed by atoms with Crippen molar-refractivity contribution in [1.29, 1.82) is 0 Å². The van der Waals surface area contributed by atoms with Gasteiger partial charge in [-0.15, -0.1) is 0 Å². The van der Waals surface area contributed by atoms with Gasteiger partial charge in [-0.2, -0.15) is 0 Å². The summed E-state index contributed by atoms with van der Waals surface area (Å²) in [4.78, 5) is 26.8. The molecule has 0 aromatic heterocycles. The summed E-state index contributed by atoms with van der Waals surface area (Å²) in [7, 11) is 8.23. The molecule has 0 saturated heterocycles. The zero-order valence-corrected chi connectivity index (χ0v) is 19.1. The molecule has 0 aliphatic carbocycles. The summed E-state index contributed by atoms with van der Waals surface area (Å²) in [6.45, 7) is 0.160. The predicted molar refractivity (Wildman–Crippen MR) is 119 cm³/mol. The second kappa shape index (κ2) is 11.4. The third-order valence-electron chi connectivity index (χ3n) is 4.72. The Morgan fingerprint density at radius 2 is 1.61 bits per heavy atom. The van der Waals surface area contributed by atoms with E-state index in [1.54, 1.807) is 0 Å². The quantitative estimate of drug-likeness (QED) is 0.579. The molecule has 0 spiro atoms. The van der Waals surface area contributed by atoms with Gasteiger partial charge in [0.05, 0.1) is 33.9 Å². The van der Waals surface area contributed by atoms with Gasteiger partial charge in [0, 0.05) is 17.1 Å². The van der Waals surface area contributed by atoms with Gasteiger partial charge in [0.15, 0.2) is 11.5 Å². The Morgan fingerprint density at radius 1 is 1.00 bits per heavy atom. The minimum atomic E-state index is -0.440. The number of ether oxygens (including phenoxy) is 3. The van der Waals surface area contributed by atoms with Gasteiger partial charge in [0.2, 0.25) is 11.7 Å². The molecular formula is C22H28ClN3O5. The highest BCUT2D eigenvalue weighted by Crippen LogP contribution is 2.38. The third kappa shape index (κ3) is 6.26. The summed E-state index contributed by atoms with van der Waals surface area (Å²) in [5, 5.41) is 6.07. The van der Waals surface area contributed by atoms with Gasteiger partial charge in [0.1, 0.15) is 0 Å². The lowest BCUT2D eigenvalue weighted by Crippen LogP contribution is -2.40. The van der Waals surface area contributed by atoms with Crippen molar-refractivity contribution in [3.63, 3.8) is 0 Å². The molecule has 1 unspecified atom stereocenters. The number of benzene rings is 2. The van der Waals surface area contributed by atoms with Crippen molar-refractivity contribution >= 4 is 23.4 Å². The number of halogens is 1. The number of amides is 2. The standard InChI is InChI=1S/C22H28ClN3O5/c1-26(2)17(15-8-6-7-9-16(15)23)12-24-20(27)13-25-22(28)14-10-18(29-3)21(31-5)19(11-14)30-4/h6-11,17H,12-13H2,1-5H3,(H,24,27)(H,25,28). The maximum absolute atomic E-state index is 12.5. The molecule has 2 N–H and O–H groups in total. The Hall–Kier alpha value is -2.97. The summed E-state index contributed by atoms with van der Waals surface area (Å²) in [6, 6.07) is 10.4. The van der Waals surface area contributed by atoms with Gasteiger partial charge in [-0.1, -0.05) is 29.8 Å². The van der Waals surface area contributed by atoms with E-state index in [9.17, 15) is 9.59 Å². The first-order chi connectivity index (χ1) is 14.8. The van der Waals surface area contributed by atoms with Crippen LogP contribution in [0, 0.1) is 0 Å². The number of hydrogen-bond acceptors (Lipinski definition) is 6. The second-order valence-corrected chi connectivity index (χ2v) is 7.31. The SMILES string of the molecule is COc1cc(C(=O)NCC(=O)NCC(c2ccccc2Cl)N(C)C)cc(OC)c1OC. The van der Waals surface area contributed by atoms with Crippen LogP contribution in [-0.4, -0.2) is 65.2 Å². The van der Waals surface area contributed by atoms with Crippen LogP contribution in [0.2, 0.25) is 5.02 Å². The molecular weight excluding hydrogens is 422 g/mol. The minimum Gasteiger partial charge on any atom is -0.493 e. The Kier molecular flexibility index (Phi) is 8.96. The third-order valence-corrected chi connectivity index (χ3v) is 5.06. The first-order valence-electron chi connectivity index (χ1n) is 9.58. The largest absolute Gasteiger partial charge is 0.493 e. The van der Waals surface area contributed by atoms with Crippen LogP contribution < -0.4 is 24.8 Å². The van der Waals surface area contributed by atoms with Crippen LogP contribution in [0.5, 0.6) is 17.2 Å². The molecule has 2 amide bonds. The number of rotatable bonds is 10. The normalized spacial score (nSPS) is 11.6. The molecule has 2 aromatic carbocycles. The minimum absolute atomic E-state index is 0.108. The van der Waals surface area contributed by atoms with E-state index in [-0.39, 0.29) is 24.1 Å². The smallest absolute Gasteiger partial charge is 0.251 e. The van der Waals surface area contributed by atoms with E-state index in [1.165, 1.54) is 33.5 Å². The van der Waals surface area contributed by atoms with Gasteiger partial charge in [0.25, 0.3) is 5.91 Å². The Morgan fingerprint density at radius 3 is 2.13 bits per heavy atom. The number of carbonyl (C=O) groups excluding carboxylic acids is 2. The van der Waals surface area contributed by atoms with Crippen LogP contribution in [-0.2, 0) is 4.79 Å². The van der Waals surface area contributed by atoms with Crippen LogP contribution in [0.4, 0.5) is 0 Å². The molecule has 0 aliphatic rings. The average molecular weight is 450 g/mol. The summed E-state index contributed by atoms with van der Waals surface area (Å²) in [5.41, 5.74) is 1.19. The van der Waals surface area contributed by atoms with Crippen LogP contribution in [0.1, 0.15) is 22.0 Å². The fourth-order valence-corrected chi connectivity index (χ4v) is 3.33. The van der Waals surface area contributed by atoms with E-state index in [0.717, 1.165) is 5.56 Å². The fraction of sp³-hybridized carbons (Fsp3) is 0.364. The van der Waals surface area contributed by atoms with Crippen LogP contribution in [0.25, 0.3) is 0 Å². The zero-order chi connectivity index (χ0) is 23.0. The van der Waals surface area contributed by atoms with Crippen molar-refractivity contribution in [3.05, 3.63) is 52.5 Å². The molecule has 0 bridgehead atoms. The topological polar surface area (TPSA) is 89.1 Å². The van der Waals surface area contributed by atoms with Crippen LogP contribution >= 0.6 is 11.6 Å². The molecule has 8 nitrogen and oxygen atoms in total. The lowest BCUT2D eigenvalue weighted by Gasteiger charge is -2.26. The maximum Gasteiger partial charge on any atom is 0.251 e. The van der Waals surface area contributed by atoms with Crippen molar-refractivity contribution in [3.8, 4) is 17.2 Å². The average Bonchev–Trinajstić information content (AvgIpc) is 2.77. The molecule has 0 saturated carbocycles. The van der Waals surface area contributed by atoms with E-state index in [0.29, 0.717) is 28.8 Å². The van der Waals surface area contributed by atoms with Crippen molar-refractivity contribution in [2.24, 2.45) is 0 Å². The van der Waals surface area contributed by atoms with E-state index < -0.39 is 5.91 Å². The van der Waals surface area contributed by atoms with Gasteiger partial charge in [-0.05, 0) is 37.9 Å². The first-order valence-corrected chi connectivity index (χ1v) is 9.95. The van der Waals surface area contributed by atoms with Gasteiger partial charge < -0.3 is 29.7 Å². The summed E-state index contributed by atoms with van der Waals surface area (Å²) < 4.78 is 15.8. The molecule has 31 heavy (non-hydrogen) atoms. The number of nitrogens with one attached hydrogen (secondary N) is 2. The summed E-state index contributed by atoms with van der Waals surface area (Å²) >= 11 is 6.29. The van der Waals surface area contributed by atoms with E-state index >= 15 is 0 Å². The number of likely N-dealkylation sites (N-methyl/N-ethyl adjacent to an activating group) is 1. The predicted octanol–water partition coefficient (Wildman–Crippen LogP) is 2.51. The maximum atomic E-state index is 12.5. The molecule has 0 fully saturated rings. The Bertz CT molecular complexity index is 895. The fourth-order valence-electron chi connectivity index (χ4n) is 3.06. The molecule has 0 aliphatic heterocycles. The zero-order valence-electron chi connectivity index (χ0n) is 18.3. The highest BCUT2D eigenvalue weighted by atomic mass is 35.5. The number of methoxy groups -OCH3 is 3. The number of nitrogens with zero attached hydrogens (tertiary/aromatic N) is 1. The van der Waals surface area contributed by atoms with Gasteiger partial charge >= 0.3 is 0 Å². The molecule has 0 radical (unpaired) electrons. The van der Waals surface area contributed by atoms with Crippen LogP contribution in [0.15, 0.2) is 36.4 Å². The van der Waals surface area contributed by atoms with E-state index in [1.807, 2.05) is 43.3 Å². The lowest BCUT2D eigenvalue weighted by molar-refractivity contribution is -0.120. The lowest BCUT2D eigenvalue weighted by atomic mass is 10.1. The van der Waals surface area contributed by atoms with Gasteiger partial charge in [-0.25, -0.2) is 0 Å². The highest BCUT2D eigenvalue weighted by molar-refractivity contribution is 6.31. The monoisotopic (exact) mass is 449 g/mol. The van der Waals surface area contributed by atoms with Crippen molar-refractivity contribution < 1.29 is 23.8 Å². The van der Waals surface area contributed by atoms with Crippen molar-refractivity contribution in [1.82, 2.24) is 15.5 Å². The van der Waals surface area contributed by atoms with Crippen molar-refractivity contribution in [2.75, 3.05) is 48.5 Å². The molecule has 1 atom stereocenters. The molecule has 2 rings (SSSR count). The summed E-state index contributed by atoms with van der Waals surface area (Å²) in [5.74, 6) is 0.327. The molecule has 2 aromatic rings. The molecule has 9 heteroatoms. The highest BCUT2D eigenvalue weighted by Gasteiger charge is 2.19. The Balaban J connectivity index is 1.99. The van der Waals surface area contributed by atoms with E-state index in [2.05, 4.69) is 10.6 Å². The first kappa shape index (κ1) is 24.3. The summed E-state index contributed by atoms with van der Waals surface area (Å²) in [6.07, 6.45) is 0. The van der Waals surface area contributed by atoms with E-state index in [4.69, 9.17) is 25.8 Å². The van der Waals surface area contributed by atoms with Crippen molar-refractivity contribution in [2.45, 2.75) is 6.04 Å². The second-order valence-electron chi connectivity index (χ2n) is 6.90. The number of carbonyl (C=O) groups is 2. The number of hydrogen-bond donors (Lipinski definition) is 2. The molecule has 168 valence electrons. The molecule has 0 heterocycles. The van der Waals surface area contributed by atoms with Gasteiger partial charge in [-0.3, -0.25) is 9.59 Å². The Labute approximate surface area is 187 Å². The van der Waals surface area contributed by atoms with Crippen LogP contribution in [0.3, 0.4) is 0 Å².